The zero-order valence-electron chi connectivity index (χ0n) is 22.3. The van der Waals surface area contributed by atoms with E-state index in [1.807, 2.05) is 29.7 Å². The summed E-state index contributed by atoms with van der Waals surface area (Å²) in [7, 11) is -2.08. The van der Waals surface area contributed by atoms with Gasteiger partial charge in [-0.05, 0) is 67.6 Å². The topological polar surface area (TPSA) is 117 Å². The number of primary sulfonamides is 1. The molecule has 1 atom stereocenters. The van der Waals surface area contributed by atoms with Crippen molar-refractivity contribution in [2.45, 2.75) is 62.5 Å². The minimum absolute atomic E-state index is 0.0114. The van der Waals surface area contributed by atoms with Crippen LogP contribution in [-0.2, 0) is 37.9 Å². The van der Waals surface area contributed by atoms with Crippen LogP contribution in [0, 0.1) is 6.92 Å². The summed E-state index contributed by atoms with van der Waals surface area (Å²) in [6, 6.07) is 10.8. The zero-order chi connectivity index (χ0) is 27.1. The number of rotatable bonds is 8. The molecule has 0 amide bonds. The quantitative estimate of drug-likeness (QED) is 0.467. The van der Waals surface area contributed by atoms with Gasteiger partial charge in [-0.25, -0.2) is 18.5 Å². The standard InChI is InChI=1S/C28H36N4O5S/c1-19-15-23(38(29,34)35)7-5-20(19)9-12-32-26(33)24-8-6-21(31-13-14-37-22(17-31)18-36-3)16-25(24)30-27(32)28(2)10-4-11-28/h5-8,15-16,22H,4,9-14,17-18H2,1-3H3,(H2,29,34,35)/t22-/m1/s1. The van der Waals surface area contributed by atoms with Gasteiger partial charge in [-0.15, -0.1) is 0 Å². The Kier molecular flexibility index (Phi) is 7.34. The number of hydrogen-bond donors (Lipinski definition) is 1. The minimum atomic E-state index is -3.76. The lowest BCUT2D eigenvalue weighted by Crippen LogP contribution is -2.44. The lowest BCUT2D eigenvalue weighted by molar-refractivity contribution is -0.0100. The number of sulfonamides is 1. The van der Waals surface area contributed by atoms with Crippen LogP contribution in [0.1, 0.15) is 43.1 Å². The largest absolute Gasteiger partial charge is 0.382 e. The van der Waals surface area contributed by atoms with E-state index in [1.54, 1.807) is 19.2 Å². The molecule has 0 unspecified atom stereocenters. The maximum Gasteiger partial charge on any atom is 0.261 e. The zero-order valence-corrected chi connectivity index (χ0v) is 23.1. The molecule has 2 aromatic carbocycles. The van der Waals surface area contributed by atoms with E-state index < -0.39 is 10.0 Å². The van der Waals surface area contributed by atoms with E-state index in [9.17, 15) is 13.2 Å². The van der Waals surface area contributed by atoms with Gasteiger partial charge in [-0.3, -0.25) is 9.36 Å². The minimum Gasteiger partial charge on any atom is -0.382 e. The van der Waals surface area contributed by atoms with Crippen LogP contribution < -0.4 is 15.6 Å². The number of anilines is 1. The summed E-state index contributed by atoms with van der Waals surface area (Å²) in [6.45, 7) is 7.19. The smallest absolute Gasteiger partial charge is 0.261 e. The molecule has 0 spiro atoms. The Morgan fingerprint density at radius 2 is 2.00 bits per heavy atom. The lowest BCUT2D eigenvalue weighted by atomic mass is 9.69. The monoisotopic (exact) mass is 540 g/mol. The third-order valence-electron chi connectivity index (χ3n) is 8.04. The van der Waals surface area contributed by atoms with Crippen LogP contribution in [0.25, 0.3) is 10.9 Å². The fourth-order valence-corrected chi connectivity index (χ4v) is 6.20. The van der Waals surface area contributed by atoms with E-state index in [0.717, 1.165) is 60.5 Å². The van der Waals surface area contributed by atoms with Crippen molar-refractivity contribution in [2.24, 2.45) is 5.14 Å². The molecule has 2 fully saturated rings. The number of nitrogens with zero attached hydrogens (tertiary/aromatic N) is 3. The molecule has 2 aliphatic rings. The van der Waals surface area contributed by atoms with E-state index in [2.05, 4.69) is 11.8 Å². The molecule has 1 saturated carbocycles. The van der Waals surface area contributed by atoms with Gasteiger partial charge in [0.2, 0.25) is 10.0 Å². The molecule has 0 radical (unpaired) electrons. The molecule has 204 valence electrons. The highest BCUT2D eigenvalue weighted by Gasteiger charge is 2.38. The average Bonchev–Trinajstić information content (AvgIpc) is 2.87. The molecular weight excluding hydrogens is 504 g/mol. The van der Waals surface area contributed by atoms with Crippen molar-refractivity contribution in [2.75, 3.05) is 38.3 Å². The van der Waals surface area contributed by atoms with E-state index in [4.69, 9.17) is 19.6 Å². The number of aromatic nitrogens is 2. The van der Waals surface area contributed by atoms with Crippen LogP contribution in [0.3, 0.4) is 0 Å². The molecule has 2 N–H and O–H groups in total. The predicted octanol–water partition coefficient (Wildman–Crippen LogP) is 2.89. The van der Waals surface area contributed by atoms with E-state index >= 15 is 0 Å². The fraction of sp³-hybridized carbons (Fsp3) is 0.500. The van der Waals surface area contributed by atoms with Gasteiger partial charge < -0.3 is 14.4 Å². The van der Waals surface area contributed by atoms with Crippen LogP contribution in [0.4, 0.5) is 5.69 Å². The van der Waals surface area contributed by atoms with Gasteiger partial charge >= 0.3 is 0 Å². The maximum atomic E-state index is 13.8. The molecule has 1 aromatic heterocycles. The number of benzene rings is 2. The van der Waals surface area contributed by atoms with Crippen molar-refractivity contribution in [3.63, 3.8) is 0 Å². The number of ether oxygens (including phenoxy) is 2. The molecule has 38 heavy (non-hydrogen) atoms. The number of methoxy groups -OCH3 is 1. The van der Waals surface area contributed by atoms with Crippen LogP contribution in [-0.4, -0.2) is 57.5 Å². The number of aryl methyl sites for hydroxylation is 2. The Morgan fingerprint density at radius 3 is 2.66 bits per heavy atom. The van der Waals surface area contributed by atoms with E-state index in [-0.39, 0.29) is 22.0 Å². The molecule has 1 saturated heterocycles. The Balaban J connectivity index is 1.49. The highest BCUT2D eigenvalue weighted by atomic mass is 32.2. The number of hydrogen-bond acceptors (Lipinski definition) is 7. The summed E-state index contributed by atoms with van der Waals surface area (Å²) < 4.78 is 36.3. The Hall–Kier alpha value is -2.79. The van der Waals surface area contributed by atoms with Gasteiger partial charge in [0.05, 0.1) is 35.1 Å². The molecule has 0 bridgehead atoms. The predicted molar refractivity (Wildman–Crippen MR) is 147 cm³/mol. The first-order chi connectivity index (χ1) is 18.1. The summed E-state index contributed by atoms with van der Waals surface area (Å²) in [4.78, 5) is 21.3. The summed E-state index contributed by atoms with van der Waals surface area (Å²) in [5, 5.41) is 5.89. The van der Waals surface area contributed by atoms with Crippen molar-refractivity contribution >= 4 is 26.6 Å². The Labute approximate surface area is 223 Å². The molecule has 1 aliphatic carbocycles. The summed E-state index contributed by atoms with van der Waals surface area (Å²) >= 11 is 0. The lowest BCUT2D eigenvalue weighted by Gasteiger charge is -2.39. The average molecular weight is 541 g/mol. The van der Waals surface area contributed by atoms with Gasteiger partial charge in [0.15, 0.2) is 0 Å². The molecule has 2 heterocycles. The third kappa shape index (κ3) is 5.22. The van der Waals surface area contributed by atoms with E-state index in [1.165, 1.54) is 6.07 Å². The Bertz CT molecular complexity index is 1510. The SMILES string of the molecule is COC[C@H]1CN(c2ccc3c(=O)n(CCc4ccc(S(N)(=O)=O)cc4C)c(C4(C)CCC4)nc3c2)CCO1. The molecule has 10 heteroatoms. The molecule has 3 aromatic rings. The molecule has 9 nitrogen and oxygen atoms in total. The molecular formula is C28H36N4O5S. The second-order valence-corrected chi connectivity index (χ2v) is 12.3. The summed E-state index contributed by atoms with van der Waals surface area (Å²) in [5.74, 6) is 0.830. The van der Waals surface area contributed by atoms with Crippen molar-refractivity contribution in [1.29, 1.82) is 0 Å². The van der Waals surface area contributed by atoms with Gasteiger partial charge in [0.1, 0.15) is 5.82 Å². The molecule has 5 rings (SSSR count). The van der Waals surface area contributed by atoms with E-state index in [0.29, 0.717) is 31.6 Å². The van der Waals surface area contributed by atoms with Crippen molar-refractivity contribution in [1.82, 2.24) is 9.55 Å². The second-order valence-electron chi connectivity index (χ2n) is 10.8. The number of fused-ring (bicyclic) bond motifs is 1. The second kappa shape index (κ2) is 10.4. The third-order valence-corrected chi connectivity index (χ3v) is 8.95. The van der Waals surface area contributed by atoms with Gasteiger partial charge in [-0.1, -0.05) is 19.4 Å². The van der Waals surface area contributed by atoms with Gasteiger partial charge in [0.25, 0.3) is 5.56 Å². The van der Waals surface area contributed by atoms with Crippen LogP contribution in [0.15, 0.2) is 46.1 Å². The van der Waals surface area contributed by atoms with Crippen LogP contribution in [0.5, 0.6) is 0 Å². The first kappa shape index (κ1) is 26.8. The summed E-state index contributed by atoms with van der Waals surface area (Å²) in [6.07, 6.45) is 3.70. The van der Waals surface area contributed by atoms with Crippen molar-refractivity contribution in [3.8, 4) is 0 Å². The normalized spacial score (nSPS) is 19.5. The maximum absolute atomic E-state index is 13.8. The first-order valence-electron chi connectivity index (χ1n) is 13.1. The highest BCUT2D eigenvalue weighted by Crippen LogP contribution is 2.42. The highest BCUT2D eigenvalue weighted by molar-refractivity contribution is 7.89. The van der Waals surface area contributed by atoms with Crippen molar-refractivity contribution in [3.05, 3.63) is 63.7 Å². The van der Waals surface area contributed by atoms with Crippen LogP contribution >= 0.6 is 0 Å². The van der Waals surface area contributed by atoms with Gasteiger partial charge in [-0.2, -0.15) is 0 Å². The van der Waals surface area contributed by atoms with Crippen molar-refractivity contribution < 1.29 is 17.9 Å². The number of nitrogens with two attached hydrogens (primary N) is 1. The fourth-order valence-electron chi connectivity index (χ4n) is 5.60. The molecule has 1 aliphatic heterocycles. The first-order valence-corrected chi connectivity index (χ1v) is 14.7. The number of morpholine rings is 1. The van der Waals surface area contributed by atoms with Gasteiger partial charge in [0, 0.05) is 37.8 Å². The Morgan fingerprint density at radius 1 is 1.21 bits per heavy atom. The summed E-state index contributed by atoms with van der Waals surface area (Å²) in [5.41, 5.74) is 3.37. The van der Waals surface area contributed by atoms with Crippen LogP contribution in [0.2, 0.25) is 0 Å².